The Labute approximate surface area is 184 Å². The summed E-state index contributed by atoms with van der Waals surface area (Å²) in [6, 6.07) is 3.19. The van der Waals surface area contributed by atoms with E-state index in [0.717, 1.165) is 0 Å². The average Bonchev–Trinajstić information content (AvgIpc) is 2.63. The molecule has 0 spiro atoms. The van der Waals surface area contributed by atoms with Crippen LogP contribution in [0.15, 0.2) is 12.1 Å². The number of ether oxygens (including phenoxy) is 1. The van der Waals surface area contributed by atoms with E-state index in [4.69, 9.17) is 15.1 Å². The van der Waals surface area contributed by atoms with Gasteiger partial charge >= 0.3 is 12.7 Å². The zero-order valence-electron chi connectivity index (χ0n) is 17.7. The number of rotatable bonds is 8. The number of benzene rings is 1. The number of quaternary nitrogens is 1. The first-order chi connectivity index (χ1) is 15.0. The fourth-order valence-corrected chi connectivity index (χ4v) is 4.24. The molecule has 1 aromatic carbocycles. The van der Waals surface area contributed by atoms with Crippen molar-refractivity contribution in [3.8, 4) is 23.3 Å². The number of nitrogens with two attached hydrogens (primary N) is 1. The number of nitrogens with zero attached hydrogens (tertiary/aromatic N) is 1. The summed E-state index contributed by atoms with van der Waals surface area (Å²) < 4.78 is 11.2. The van der Waals surface area contributed by atoms with Crippen LogP contribution in [0.4, 0.5) is 0 Å². The van der Waals surface area contributed by atoms with Crippen molar-refractivity contribution in [2.75, 3.05) is 32.7 Å². The second-order valence-corrected chi connectivity index (χ2v) is 8.79. The van der Waals surface area contributed by atoms with E-state index in [0.29, 0.717) is 38.3 Å². The SMILES string of the molecule is CC(N)(CN1CC(Oc2ccc3c(c2C(=O)O)O[B-](O)(O)[C@@H]2C#C[C@H]32)C1)C(=O)NCC[NH3+]. The number of carboxylic acid groups (broad SMARTS) is 1. The lowest BCUT2D eigenvalue weighted by molar-refractivity contribution is -0.364. The quantitative estimate of drug-likeness (QED) is 0.183. The lowest BCUT2D eigenvalue weighted by Gasteiger charge is -2.47. The van der Waals surface area contributed by atoms with E-state index in [1.165, 1.54) is 0 Å². The van der Waals surface area contributed by atoms with Crippen LogP contribution in [0.25, 0.3) is 0 Å². The lowest BCUT2D eigenvalue weighted by Crippen LogP contribution is -2.65. The van der Waals surface area contributed by atoms with E-state index in [-0.39, 0.29) is 29.1 Å². The average molecular weight is 446 g/mol. The number of hydrogen-bond acceptors (Lipinski definition) is 8. The number of fused-ring (bicyclic) bond motifs is 3. The van der Waals surface area contributed by atoms with Crippen LogP contribution in [0.2, 0.25) is 5.82 Å². The van der Waals surface area contributed by atoms with Gasteiger partial charge in [-0.15, -0.1) is 5.92 Å². The zero-order valence-corrected chi connectivity index (χ0v) is 17.7. The smallest absolute Gasteiger partial charge is 0.446 e. The minimum atomic E-state index is -3.29. The first-order valence-corrected chi connectivity index (χ1v) is 10.5. The van der Waals surface area contributed by atoms with Crippen LogP contribution >= 0.6 is 0 Å². The zero-order chi connectivity index (χ0) is 23.3. The lowest BCUT2D eigenvalue weighted by atomic mass is 9.52. The van der Waals surface area contributed by atoms with Crippen LogP contribution in [0.3, 0.4) is 0 Å². The normalized spacial score (nSPS) is 24.8. The van der Waals surface area contributed by atoms with E-state index in [9.17, 15) is 24.7 Å². The van der Waals surface area contributed by atoms with E-state index in [1.807, 2.05) is 4.90 Å². The maximum atomic E-state index is 12.2. The number of aromatic carboxylic acids is 1. The molecule has 0 aromatic heterocycles. The predicted molar refractivity (Wildman–Crippen MR) is 113 cm³/mol. The standard InChI is InChI=1S/C20H26BN4O7/c1-20(23,19(28)24-7-6-22)10-25-8-11(9-25)31-15-5-3-13-12-2-4-14(12)21(29,30)32-17(13)16(15)18(26)27/h3,5,11-12,14,29-30H,6-10,22-23H2,1H3,(H,24,28)(H,26,27)/q-1/p+1/t12-,14-,20?/m1/s1. The maximum Gasteiger partial charge on any atom is 0.446 e. The van der Waals surface area contributed by atoms with Gasteiger partial charge in [-0.05, 0) is 13.0 Å². The van der Waals surface area contributed by atoms with E-state index in [1.54, 1.807) is 19.1 Å². The van der Waals surface area contributed by atoms with Gasteiger partial charge < -0.3 is 41.3 Å². The highest BCUT2D eigenvalue weighted by molar-refractivity contribution is 6.62. The van der Waals surface area contributed by atoms with Crippen molar-refractivity contribution in [3.05, 3.63) is 23.3 Å². The molecule has 0 saturated carbocycles. The number of amides is 1. The van der Waals surface area contributed by atoms with Crippen molar-refractivity contribution in [3.63, 3.8) is 0 Å². The highest BCUT2D eigenvalue weighted by atomic mass is 16.6. The van der Waals surface area contributed by atoms with Gasteiger partial charge in [0.05, 0.1) is 18.8 Å². The molecule has 172 valence electrons. The summed E-state index contributed by atoms with van der Waals surface area (Å²) in [5, 5.41) is 32.9. The molecule has 1 amide bonds. The van der Waals surface area contributed by atoms with Gasteiger partial charge in [-0.25, -0.2) is 4.79 Å². The van der Waals surface area contributed by atoms with Crippen molar-refractivity contribution < 1.29 is 39.9 Å². The Kier molecular flexibility index (Phi) is 5.56. The molecule has 1 fully saturated rings. The van der Waals surface area contributed by atoms with Gasteiger partial charge in [0.1, 0.15) is 23.0 Å². The molecular formula is C20H27BN4O7. The second kappa shape index (κ2) is 7.95. The fourth-order valence-electron chi connectivity index (χ4n) is 4.24. The van der Waals surface area contributed by atoms with Crippen LogP contribution in [0.1, 0.15) is 28.8 Å². The number of carboxylic acids is 1. The third kappa shape index (κ3) is 3.89. The molecule has 11 nitrogen and oxygen atoms in total. The van der Waals surface area contributed by atoms with E-state index in [2.05, 4.69) is 22.9 Å². The Morgan fingerprint density at radius 3 is 2.72 bits per heavy atom. The van der Waals surface area contributed by atoms with Crippen LogP contribution < -0.4 is 26.2 Å². The Morgan fingerprint density at radius 2 is 2.12 bits per heavy atom. The molecule has 3 atom stereocenters. The van der Waals surface area contributed by atoms with E-state index >= 15 is 0 Å². The molecule has 12 heteroatoms. The second-order valence-electron chi connectivity index (χ2n) is 8.79. The van der Waals surface area contributed by atoms with Crippen molar-refractivity contribution >= 4 is 18.6 Å². The Balaban J connectivity index is 1.44. The molecule has 32 heavy (non-hydrogen) atoms. The first-order valence-electron chi connectivity index (χ1n) is 10.5. The third-order valence-electron chi connectivity index (χ3n) is 5.97. The summed E-state index contributed by atoms with van der Waals surface area (Å²) >= 11 is 0. The fraction of sp³-hybridized carbons (Fsp3) is 0.500. The number of hydrogen-bond donors (Lipinski definition) is 6. The molecule has 2 heterocycles. The van der Waals surface area contributed by atoms with Gasteiger partial charge in [0.2, 0.25) is 5.91 Å². The van der Waals surface area contributed by atoms with Gasteiger partial charge in [0.25, 0.3) is 0 Å². The number of likely N-dealkylation sites (tertiary alicyclic amines) is 1. The van der Waals surface area contributed by atoms with Gasteiger partial charge in [0.15, 0.2) is 0 Å². The van der Waals surface area contributed by atoms with Gasteiger partial charge in [0, 0.05) is 36.9 Å². The highest BCUT2D eigenvalue weighted by Crippen LogP contribution is 2.51. The van der Waals surface area contributed by atoms with E-state index < -0.39 is 30.0 Å². The molecule has 2 aliphatic heterocycles. The predicted octanol–water partition coefficient (Wildman–Crippen LogP) is -2.69. The maximum absolute atomic E-state index is 12.2. The summed E-state index contributed by atoms with van der Waals surface area (Å²) in [5.41, 5.74) is 8.97. The number of carbonyl (C=O) groups excluding carboxylic acids is 1. The van der Waals surface area contributed by atoms with Crippen LogP contribution in [-0.2, 0) is 4.79 Å². The summed E-state index contributed by atoms with van der Waals surface area (Å²) in [6.07, 6.45) is -0.316. The monoisotopic (exact) mass is 446 g/mol. The van der Waals surface area contributed by atoms with Crippen molar-refractivity contribution in [1.82, 2.24) is 10.2 Å². The molecule has 1 unspecified atom stereocenters. The largest absolute Gasteiger partial charge is 0.668 e. The van der Waals surface area contributed by atoms with Crippen LogP contribution in [-0.4, -0.2) is 83.1 Å². The van der Waals surface area contributed by atoms with Gasteiger partial charge in [-0.1, -0.05) is 12.0 Å². The van der Waals surface area contributed by atoms with Gasteiger partial charge in [-0.2, -0.15) is 0 Å². The molecule has 1 aliphatic carbocycles. The molecular weight excluding hydrogens is 419 g/mol. The molecule has 9 N–H and O–H groups in total. The van der Waals surface area contributed by atoms with Crippen LogP contribution in [0, 0.1) is 11.8 Å². The molecule has 1 aromatic rings. The summed E-state index contributed by atoms with van der Waals surface area (Å²) in [7, 11) is 0. The Morgan fingerprint density at radius 1 is 1.41 bits per heavy atom. The summed E-state index contributed by atoms with van der Waals surface area (Å²) in [6.45, 7) is 0.607. The molecule has 1 saturated heterocycles. The van der Waals surface area contributed by atoms with Crippen molar-refractivity contribution in [2.24, 2.45) is 5.73 Å². The van der Waals surface area contributed by atoms with Crippen molar-refractivity contribution in [2.45, 2.75) is 30.3 Å². The summed E-state index contributed by atoms with van der Waals surface area (Å²) in [5.74, 6) is 2.62. The third-order valence-corrected chi connectivity index (χ3v) is 5.97. The Hall–Kier alpha value is -2.82. The minimum absolute atomic E-state index is 0.0712. The minimum Gasteiger partial charge on any atom is -0.668 e. The molecule has 0 radical (unpaired) electrons. The summed E-state index contributed by atoms with van der Waals surface area (Å²) in [4.78, 5) is 26.1. The Bertz CT molecular complexity index is 1010. The highest BCUT2D eigenvalue weighted by Gasteiger charge is 2.48. The molecule has 0 bridgehead atoms. The molecule has 3 aliphatic rings. The van der Waals surface area contributed by atoms with Crippen LogP contribution in [0.5, 0.6) is 11.5 Å². The van der Waals surface area contributed by atoms with Gasteiger partial charge in [-0.3, -0.25) is 9.69 Å². The molecule has 4 rings (SSSR count). The number of carbonyl (C=O) groups is 2. The topological polar surface area (TPSA) is 182 Å². The van der Waals surface area contributed by atoms with Crippen molar-refractivity contribution in [1.29, 1.82) is 0 Å². The number of nitrogens with one attached hydrogen (secondary N) is 1. The first kappa shape index (κ1) is 22.4.